The van der Waals surface area contributed by atoms with Gasteiger partial charge < -0.3 is 9.88 Å². The number of amidine groups is 1. The summed E-state index contributed by atoms with van der Waals surface area (Å²) in [4.78, 5) is 15.5. The van der Waals surface area contributed by atoms with Gasteiger partial charge in [-0.05, 0) is 17.7 Å². The monoisotopic (exact) mass is 263 g/mol. The van der Waals surface area contributed by atoms with Crippen LogP contribution >= 0.6 is 11.3 Å². The lowest BCUT2D eigenvalue weighted by atomic mass is 10.1. The number of fused-ring (bicyclic) bond motifs is 1. The van der Waals surface area contributed by atoms with Crippen LogP contribution in [-0.4, -0.2) is 15.7 Å². The molecule has 1 aromatic carbocycles. The third kappa shape index (κ3) is 1.84. The molecule has 92 valence electrons. The summed E-state index contributed by atoms with van der Waals surface area (Å²) in [5.41, 5.74) is 2.36. The van der Waals surface area contributed by atoms with Crippen LogP contribution in [0.3, 0.4) is 0 Å². The van der Waals surface area contributed by atoms with Gasteiger partial charge in [-0.25, -0.2) is 4.39 Å². The minimum absolute atomic E-state index is 0.0979. The number of hydrogen-bond donors (Lipinski definition) is 2. The second-order valence-electron chi connectivity index (χ2n) is 4.18. The van der Waals surface area contributed by atoms with Crippen LogP contribution in [0.15, 0.2) is 28.4 Å². The third-order valence-electron chi connectivity index (χ3n) is 2.94. The number of nitrogens with zero attached hydrogens (tertiary/aromatic N) is 1. The standard InChI is InChI=1S/C12H10FN3OS/c13-8-2-1-7-4-16(11(14)10(7)3-8)5-9-6-18-12(17)15-9/h1-3,6,14H,4-5H2,(H,15,17). The number of halogens is 1. The molecular formula is C12H10FN3OS. The highest BCUT2D eigenvalue weighted by Gasteiger charge is 2.24. The second-order valence-corrected chi connectivity index (χ2v) is 5.02. The normalized spacial score (nSPS) is 14.1. The van der Waals surface area contributed by atoms with Crippen molar-refractivity contribution in [2.45, 2.75) is 13.1 Å². The maximum atomic E-state index is 13.1. The average molecular weight is 263 g/mol. The van der Waals surface area contributed by atoms with E-state index in [4.69, 9.17) is 5.41 Å². The van der Waals surface area contributed by atoms with Crippen molar-refractivity contribution in [3.63, 3.8) is 0 Å². The fourth-order valence-electron chi connectivity index (χ4n) is 2.09. The number of thiazole rings is 1. The van der Waals surface area contributed by atoms with Crippen LogP contribution in [0.5, 0.6) is 0 Å². The Morgan fingerprint density at radius 2 is 2.33 bits per heavy atom. The van der Waals surface area contributed by atoms with E-state index in [-0.39, 0.29) is 10.7 Å². The number of H-pyrrole nitrogens is 1. The molecule has 18 heavy (non-hydrogen) atoms. The molecule has 0 aliphatic carbocycles. The molecule has 2 heterocycles. The summed E-state index contributed by atoms with van der Waals surface area (Å²) >= 11 is 1.11. The summed E-state index contributed by atoms with van der Waals surface area (Å²) in [6.07, 6.45) is 0. The maximum Gasteiger partial charge on any atom is 0.304 e. The highest BCUT2D eigenvalue weighted by Crippen LogP contribution is 2.24. The quantitative estimate of drug-likeness (QED) is 0.869. The predicted octanol–water partition coefficient (Wildman–Crippen LogP) is 1.92. The molecule has 2 aromatic rings. The van der Waals surface area contributed by atoms with Gasteiger partial charge in [0.25, 0.3) is 0 Å². The zero-order chi connectivity index (χ0) is 12.7. The Labute approximate surface area is 106 Å². The lowest BCUT2D eigenvalue weighted by molar-refractivity contribution is 0.417. The van der Waals surface area contributed by atoms with E-state index in [9.17, 15) is 9.18 Å². The summed E-state index contributed by atoms with van der Waals surface area (Å²) in [5.74, 6) is -0.0270. The van der Waals surface area contributed by atoms with Gasteiger partial charge in [0, 0.05) is 23.2 Å². The number of nitrogens with one attached hydrogen (secondary N) is 2. The highest BCUT2D eigenvalue weighted by molar-refractivity contribution is 7.07. The van der Waals surface area contributed by atoms with Gasteiger partial charge >= 0.3 is 4.87 Å². The first kappa shape index (κ1) is 11.2. The van der Waals surface area contributed by atoms with Crippen molar-refractivity contribution in [2.24, 2.45) is 0 Å². The molecule has 6 heteroatoms. The third-order valence-corrected chi connectivity index (χ3v) is 3.66. The maximum absolute atomic E-state index is 13.1. The van der Waals surface area contributed by atoms with E-state index in [1.54, 1.807) is 11.4 Å². The molecular weight excluding hydrogens is 253 g/mol. The molecule has 0 saturated carbocycles. The van der Waals surface area contributed by atoms with Crippen LogP contribution in [0.25, 0.3) is 0 Å². The van der Waals surface area contributed by atoms with Crippen LogP contribution in [-0.2, 0) is 13.1 Å². The molecule has 0 amide bonds. The van der Waals surface area contributed by atoms with E-state index < -0.39 is 0 Å². The molecule has 1 aromatic heterocycles. The molecule has 2 N–H and O–H groups in total. The average Bonchev–Trinajstić information content (AvgIpc) is 2.86. The first-order valence-corrected chi connectivity index (χ1v) is 6.30. The van der Waals surface area contributed by atoms with Gasteiger partial charge in [-0.1, -0.05) is 17.4 Å². The number of aromatic nitrogens is 1. The Kier molecular flexibility index (Phi) is 2.52. The summed E-state index contributed by atoms with van der Waals surface area (Å²) in [6.45, 7) is 1.04. The van der Waals surface area contributed by atoms with Gasteiger partial charge in [0.15, 0.2) is 0 Å². The zero-order valence-electron chi connectivity index (χ0n) is 9.37. The molecule has 0 radical (unpaired) electrons. The highest BCUT2D eigenvalue weighted by atomic mass is 32.1. The van der Waals surface area contributed by atoms with E-state index in [0.717, 1.165) is 22.6 Å². The Bertz CT molecular complexity index is 676. The van der Waals surface area contributed by atoms with Crippen molar-refractivity contribution in [2.75, 3.05) is 0 Å². The van der Waals surface area contributed by atoms with Gasteiger partial charge in [-0.15, -0.1) is 0 Å². The second kappa shape index (κ2) is 4.06. The summed E-state index contributed by atoms with van der Waals surface area (Å²) in [5, 5.41) is 9.76. The first-order valence-electron chi connectivity index (χ1n) is 5.42. The molecule has 0 bridgehead atoms. The number of hydrogen-bond acceptors (Lipinski definition) is 3. The van der Waals surface area contributed by atoms with E-state index >= 15 is 0 Å². The zero-order valence-corrected chi connectivity index (χ0v) is 10.2. The Balaban J connectivity index is 1.86. The van der Waals surface area contributed by atoms with Gasteiger partial charge in [-0.2, -0.15) is 0 Å². The fourth-order valence-corrected chi connectivity index (χ4v) is 2.67. The molecule has 4 nitrogen and oxygen atoms in total. The minimum atomic E-state index is -0.329. The van der Waals surface area contributed by atoms with E-state index in [1.807, 2.05) is 4.90 Å². The summed E-state index contributed by atoms with van der Waals surface area (Å²) in [6, 6.07) is 4.49. The molecule has 0 fully saturated rings. The van der Waals surface area contributed by atoms with Crippen molar-refractivity contribution >= 4 is 17.2 Å². The van der Waals surface area contributed by atoms with E-state index in [1.165, 1.54) is 12.1 Å². The van der Waals surface area contributed by atoms with Crippen molar-refractivity contribution in [3.8, 4) is 0 Å². The Morgan fingerprint density at radius 3 is 3.06 bits per heavy atom. The number of aromatic amines is 1. The molecule has 0 spiro atoms. The van der Waals surface area contributed by atoms with Gasteiger partial charge in [0.1, 0.15) is 11.7 Å². The Morgan fingerprint density at radius 1 is 1.50 bits per heavy atom. The number of benzene rings is 1. The predicted molar refractivity (Wildman–Crippen MR) is 67.4 cm³/mol. The molecule has 0 saturated heterocycles. The van der Waals surface area contributed by atoms with Crippen LogP contribution < -0.4 is 4.87 Å². The molecule has 0 atom stereocenters. The van der Waals surface area contributed by atoms with Crippen molar-refractivity contribution in [1.29, 1.82) is 5.41 Å². The molecule has 1 aliphatic rings. The molecule has 0 unspecified atom stereocenters. The van der Waals surface area contributed by atoms with Crippen LogP contribution in [0.4, 0.5) is 4.39 Å². The topological polar surface area (TPSA) is 60.0 Å². The molecule has 1 aliphatic heterocycles. The van der Waals surface area contributed by atoms with Gasteiger partial charge in [0.2, 0.25) is 0 Å². The SMILES string of the molecule is N=C1c2cc(F)ccc2CN1Cc1csc(=O)[nH]1. The van der Waals surface area contributed by atoms with E-state index in [0.29, 0.717) is 24.5 Å². The van der Waals surface area contributed by atoms with Crippen LogP contribution in [0.2, 0.25) is 0 Å². The fraction of sp³-hybridized carbons (Fsp3) is 0.167. The van der Waals surface area contributed by atoms with Gasteiger partial charge in [0.05, 0.1) is 6.54 Å². The largest absolute Gasteiger partial charge is 0.346 e. The summed E-state index contributed by atoms with van der Waals surface area (Å²) in [7, 11) is 0. The van der Waals surface area contributed by atoms with Gasteiger partial charge in [-0.3, -0.25) is 10.2 Å². The number of rotatable bonds is 2. The van der Waals surface area contributed by atoms with Crippen LogP contribution in [0.1, 0.15) is 16.8 Å². The van der Waals surface area contributed by atoms with Crippen molar-refractivity contribution in [3.05, 3.63) is 55.9 Å². The lowest BCUT2D eigenvalue weighted by Crippen LogP contribution is -2.23. The van der Waals surface area contributed by atoms with E-state index in [2.05, 4.69) is 4.98 Å². The van der Waals surface area contributed by atoms with Crippen LogP contribution in [0, 0.1) is 11.2 Å². The lowest BCUT2D eigenvalue weighted by Gasteiger charge is -2.16. The molecule has 3 rings (SSSR count). The summed E-state index contributed by atoms with van der Waals surface area (Å²) < 4.78 is 13.1. The van der Waals surface area contributed by atoms with Crippen molar-refractivity contribution < 1.29 is 4.39 Å². The Hall–Kier alpha value is -1.95. The first-order chi connectivity index (χ1) is 8.63. The smallest absolute Gasteiger partial charge is 0.304 e. The minimum Gasteiger partial charge on any atom is -0.346 e. The van der Waals surface area contributed by atoms with Crippen molar-refractivity contribution in [1.82, 2.24) is 9.88 Å².